The van der Waals surface area contributed by atoms with Crippen LogP contribution in [0.3, 0.4) is 0 Å². The van der Waals surface area contributed by atoms with Gasteiger partial charge in [0, 0.05) is 0 Å². The van der Waals surface area contributed by atoms with Gasteiger partial charge in [-0.05, 0) is 24.6 Å². The van der Waals surface area contributed by atoms with Crippen molar-refractivity contribution < 1.29 is 9.53 Å². The van der Waals surface area contributed by atoms with Crippen LogP contribution < -0.4 is 10.1 Å². The topological polar surface area (TPSA) is 38.3 Å². The van der Waals surface area contributed by atoms with Crippen LogP contribution >= 0.6 is 11.6 Å². The summed E-state index contributed by atoms with van der Waals surface area (Å²) in [6, 6.07) is 7.50. The van der Waals surface area contributed by atoms with Gasteiger partial charge in [0.05, 0.1) is 13.2 Å². The van der Waals surface area contributed by atoms with E-state index in [4.69, 9.17) is 16.3 Å². The number of hydrogen-bond donors (Lipinski definition) is 1. The zero-order valence-corrected chi connectivity index (χ0v) is 9.54. The second-order valence-electron chi connectivity index (χ2n) is 3.20. The van der Waals surface area contributed by atoms with Crippen molar-refractivity contribution in [2.24, 2.45) is 0 Å². The number of carbonyl (C=O) groups is 1. The fraction of sp³-hybridized carbons (Fsp3) is 0.364. The SMILES string of the molecule is COc1cccc([C@@H](C)NC(=O)CCl)c1. The summed E-state index contributed by atoms with van der Waals surface area (Å²) in [5, 5.41) is 2.77. The van der Waals surface area contributed by atoms with Gasteiger partial charge in [0.2, 0.25) is 5.91 Å². The molecule has 0 saturated heterocycles. The van der Waals surface area contributed by atoms with E-state index in [0.29, 0.717) is 0 Å². The quantitative estimate of drug-likeness (QED) is 0.801. The zero-order valence-electron chi connectivity index (χ0n) is 8.79. The zero-order chi connectivity index (χ0) is 11.3. The highest BCUT2D eigenvalue weighted by Crippen LogP contribution is 2.18. The van der Waals surface area contributed by atoms with Gasteiger partial charge in [-0.25, -0.2) is 0 Å². The Morgan fingerprint density at radius 2 is 2.33 bits per heavy atom. The molecule has 1 aromatic carbocycles. The summed E-state index contributed by atoms with van der Waals surface area (Å²) >= 11 is 5.41. The van der Waals surface area contributed by atoms with Crippen LogP contribution in [0.2, 0.25) is 0 Å². The minimum Gasteiger partial charge on any atom is -0.497 e. The monoisotopic (exact) mass is 227 g/mol. The Labute approximate surface area is 94.4 Å². The number of methoxy groups -OCH3 is 1. The Morgan fingerprint density at radius 3 is 2.93 bits per heavy atom. The van der Waals surface area contributed by atoms with Crippen molar-refractivity contribution >= 4 is 17.5 Å². The number of halogens is 1. The first-order valence-electron chi connectivity index (χ1n) is 4.66. The first-order chi connectivity index (χ1) is 7.17. The fourth-order valence-corrected chi connectivity index (χ4v) is 1.35. The smallest absolute Gasteiger partial charge is 0.235 e. The lowest BCUT2D eigenvalue weighted by atomic mass is 10.1. The molecule has 1 rings (SSSR count). The predicted molar refractivity (Wildman–Crippen MR) is 60.3 cm³/mol. The third-order valence-electron chi connectivity index (χ3n) is 2.09. The molecule has 0 aliphatic rings. The van der Waals surface area contributed by atoms with Crippen molar-refractivity contribution in [1.29, 1.82) is 0 Å². The molecule has 0 spiro atoms. The molecule has 1 aromatic rings. The maximum absolute atomic E-state index is 11.1. The molecule has 0 saturated carbocycles. The molecule has 1 N–H and O–H groups in total. The second-order valence-corrected chi connectivity index (χ2v) is 3.47. The summed E-state index contributed by atoms with van der Waals surface area (Å²) in [7, 11) is 1.61. The van der Waals surface area contributed by atoms with Gasteiger partial charge in [0.25, 0.3) is 0 Å². The molecule has 1 amide bonds. The lowest BCUT2D eigenvalue weighted by Crippen LogP contribution is -2.27. The number of nitrogens with one attached hydrogen (secondary N) is 1. The van der Waals surface area contributed by atoms with E-state index in [9.17, 15) is 4.79 Å². The molecule has 0 aromatic heterocycles. The average Bonchev–Trinajstić information content (AvgIpc) is 2.28. The highest BCUT2D eigenvalue weighted by molar-refractivity contribution is 6.27. The summed E-state index contributed by atoms with van der Waals surface area (Å²) in [6.45, 7) is 1.90. The fourth-order valence-electron chi connectivity index (χ4n) is 1.27. The maximum atomic E-state index is 11.1. The van der Waals surface area contributed by atoms with E-state index in [-0.39, 0.29) is 17.8 Å². The van der Waals surface area contributed by atoms with Gasteiger partial charge in [0.1, 0.15) is 11.6 Å². The third-order valence-corrected chi connectivity index (χ3v) is 2.34. The summed E-state index contributed by atoms with van der Waals surface area (Å²) < 4.78 is 5.10. The van der Waals surface area contributed by atoms with Crippen LogP contribution in [-0.2, 0) is 4.79 Å². The van der Waals surface area contributed by atoms with Crippen LogP contribution in [-0.4, -0.2) is 18.9 Å². The molecule has 82 valence electrons. The molecular formula is C11H14ClNO2. The number of rotatable bonds is 4. The summed E-state index contributed by atoms with van der Waals surface area (Å²) in [5.74, 6) is 0.584. The molecule has 15 heavy (non-hydrogen) atoms. The molecule has 4 heteroatoms. The van der Waals surface area contributed by atoms with E-state index in [1.165, 1.54) is 0 Å². The summed E-state index contributed by atoms with van der Waals surface area (Å²) in [6.07, 6.45) is 0. The van der Waals surface area contributed by atoms with Crippen molar-refractivity contribution in [3.63, 3.8) is 0 Å². The van der Waals surface area contributed by atoms with Gasteiger partial charge in [-0.1, -0.05) is 12.1 Å². The number of alkyl halides is 1. The predicted octanol–water partition coefficient (Wildman–Crippen LogP) is 2.11. The summed E-state index contributed by atoms with van der Waals surface area (Å²) in [5.41, 5.74) is 0.993. The van der Waals surface area contributed by atoms with E-state index in [1.54, 1.807) is 7.11 Å². The van der Waals surface area contributed by atoms with Gasteiger partial charge in [-0.3, -0.25) is 4.79 Å². The molecule has 0 radical (unpaired) electrons. The highest BCUT2D eigenvalue weighted by atomic mass is 35.5. The Kier molecular flexibility index (Phi) is 4.43. The molecular weight excluding hydrogens is 214 g/mol. The summed E-state index contributed by atoms with van der Waals surface area (Å²) in [4.78, 5) is 11.1. The second kappa shape index (κ2) is 5.61. The van der Waals surface area contributed by atoms with Gasteiger partial charge >= 0.3 is 0 Å². The van der Waals surface area contributed by atoms with Crippen LogP contribution in [0, 0.1) is 0 Å². The lowest BCUT2D eigenvalue weighted by molar-refractivity contribution is -0.119. The number of amides is 1. The highest BCUT2D eigenvalue weighted by Gasteiger charge is 2.08. The molecule has 0 aliphatic heterocycles. The lowest BCUT2D eigenvalue weighted by Gasteiger charge is -2.14. The van der Waals surface area contributed by atoms with E-state index >= 15 is 0 Å². The third kappa shape index (κ3) is 3.44. The molecule has 0 unspecified atom stereocenters. The molecule has 0 fully saturated rings. The number of benzene rings is 1. The van der Waals surface area contributed by atoms with E-state index in [1.807, 2.05) is 31.2 Å². The van der Waals surface area contributed by atoms with E-state index in [0.717, 1.165) is 11.3 Å². The molecule has 1 atom stereocenters. The van der Waals surface area contributed by atoms with Crippen LogP contribution in [0.15, 0.2) is 24.3 Å². The maximum Gasteiger partial charge on any atom is 0.235 e. The average molecular weight is 228 g/mol. The Balaban J connectivity index is 2.72. The standard InChI is InChI=1S/C11H14ClNO2/c1-8(13-11(14)7-12)9-4-3-5-10(6-9)15-2/h3-6,8H,7H2,1-2H3,(H,13,14)/t8-/m1/s1. The molecule has 3 nitrogen and oxygen atoms in total. The Hall–Kier alpha value is -1.22. The number of carbonyl (C=O) groups excluding carboxylic acids is 1. The van der Waals surface area contributed by atoms with Gasteiger partial charge in [-0.2, -0.15) is 0 Å². The van der Waals surface area contributed by atoms with Crippen molar-refractivity contribution in [1.82, 2.24) is 5.32 Å². The van der Waals surface area contributed by atoms with E-state index < -0.39 is 0 Å². The molecule has 0 heterocycles. The first-order valence-corrected chi connectivity index (χ1v) is 5.20. The van der Waals surface area contributed by atoms with Crippen molar-refractivity contribution in [3.8, 4) is 5.75 Å². The van der Waals surface area contributed by atoms with Crippen LogP contribution in [0.4, 0.5) is 0 Å². The van der Waals surface area contributed by atoms with E-state index in [2.05, 4.69) is 5.32 Å². The number of hydrogen-bond acceptors (Lipinski definition) is 2. The Morgan fingerprint density at radius 1 is 1.60 bits per heavy atom. The minimum atomic E-state index is -0.174. The van der Waals surface area contributed by atoms with Crippen LogP contribution in [0.5, 0.6) is 5.75 Å². The molecule has 0 bridgehead atoms. The van der Waals surface area contributed by atoms with Crippen LogP contribution in [0.1, 0.15) is 18.5 Å². The van der Waals surface area contributed by atoms with Crippen LogP contribution in [0.25, 0.3) is 0 Å². The van der Waals surface area contributed by atoms with Gasteiger partial charge in [-0.15, -0.1) is 11.6 Å². The Bertz CT molecular complexity index is 341. The normalized spacial score (nSPS) is 11.9. The van der Waals surface area contributed by atoms with Gasteiger partial charge in [0.15, 0.2) is 0 Å². The van der Waals surface area contributed by atoms with Gasteiger partial charge < -0.3 is 10.1 Å². The molecule has 0 aliphatic carbocycles. The van der Waals surface area contributed by atoms with Crippen molar-refractivity contribution in [3.05, 3.63) is 29.8 Å². The first kappa shape index (κ1) is 11.9. The van der Waals surface area contributed by atoms with Crippen molar-refractivity contribution in [2.45, 2.75) is 13.0 Å². The minimum absolute atomic E-state index is 0.0195. The largest absolute Gasteiger partial charge is 0.497 e. The van der Waals surface area contributed by atoms with Crippen molar-refractivity contribution in [2.75, 3.05) is 13.0 Å². The number of ether oxygens (including phenoxy) is 1.